The van der Waals surface area contributed by atoms with E-state index in [0.717, 1.165) is 11.4 Å². The molecule has 1 rings (SSSR count). The lowest BCUT2D eigenvalue weighted by Gasteiger charge is -2.20. The van der Waals surface area contributed by atoms with Crippen LogP contribution in [0.15, 0.2) is 6.20 Å². The Labute approximate surface area is 114 Å². The largest absolute Gasteiger partial charge is 0.357 e. The number of aryl methyl sites for hydroxylation is 1. The highest BCUT2D eigenvalue weighted by molar-refractivity contribution is 5.81. The summed E-state index contributed by atoms with van der Waals surface area (Å²) in [5.74, 6) is 1.76. The number of aromatic nitrogens is 2. The van der Waals surface area contributed by atoms with Crippen LogP contribution in [0.1, 0.15) is 19.4 Å². The molecule has 106 valence electrons. The van der Waals surface area contributed by atoms with Gasteiger partial charge in [0, 0.05) is 32.4 Å². The number of rotatable bonds is 6. The summed E-state index contributed by atoms with van der Waals surface area (Å²) in [6, 6.07) is 0. The maximum Gasteiger partial charge on any atom is 0.239 e. The second-order valence-electron chi connectivity index (χ2n) is 5.00. The molecule has 19 heavy (non-hydrogen) atoms. The first-order valence-corrected chi connectivity index (χ1v) is 6.43. The molecule has 0 fully saturated rings. The van der Waals surface area contributed by atoms with Crippen molar-refractivity contribution < 1.29 is 4.79 Å². The molecule has 0 unspecified atom stereocenters. The Kier molecular flexibility index (Phi) is 5.54. The van der Waals surface area contributed by atoms with Crippen LogP contribution in [0.25, 0.3) is 0 Å². The fraction of sp³-hybridized carbons (Fsp3) is 0.615. The second-order valence-corrected chi connectivity index (χ2v) is 5.00. The van der Waals surface area contributed by atoms with Crippen LogP contribution in [0.4, 0.5) is 11.8 Å². The van der Waals surface area contributed by atoms with E-state index in [0.29, 0.717) is 18.4 Å². The SMILES string of the molecule is CNc1ncc(C)c(N(C)CC(=O)NCC(C)C)n1. The molecule has 1 aromatic heterocycles. The van der Waals surface area contributed by atoms with E-state index in [1.807, 2.05) is 18.9 Å². The molecular formula is C13H23N5O. The Hall–Kier alpha value is -1.85. The first kappa shape index (κ1) is 15.2. The van der Waals surface area contributed by atoms with Crippen LogP contribution in [0.3, 0.4) is 0 Å². The molecule has 2 N–H and O–H groups in total. The summed E-state index contributed by atoms with van der Waals surface area (Å²) >= 11 is 0. The van der Waals surface area contributed by atoms with Crippen molar-refractivity contribution in [1.82, 2.24) is 15.3 Å². The minimum Gasteiger partial charge on any atom is -0.357 e. The van der Waals surface area contributed by atoms with E-state index in [-0.39, 0.29) is 12.5 Å². The van der Waals surface area contributed by atoms with Crippen molar-refractivity contribution in [1.29, 1.82) is 0 Å². The molecule has 0 aliphatic heterocycles. The number of hydrogen-bond donors (Lipinski definition) is 2. The van der Waals surface area contributed by atoms with Gasteiger partial charge in [-0.3, -0.25) is 4.79 Å². The molecule has 1 aromatic rings. The number of anilines is 2. The number of amides is 1. The van der Waals surface area contributed by atoms with Crippen molar-refractivity contribution in [3.8, 4) is 0 Å². The van der Waals surface area contributed by atoms with E-state index >= 15 is 0 Å². The summed E-state index contributed by atoms with van der Waals surface area (Å²) in [6.07, 6.45) is 1.75. The molecule has 0 aliphatic rings. The van der Waals surface area contributed by atoms with Crippen molar-refractivity contribution in [2.75, 3.05) is 37.4 Å². The predicted octanol–water partition coefficient (Wildman–Crippen LogP) is 1.04. The van der Waals surface area contributed by atoms with E-state index in [9.17, 15) is 4.79 Å². The summed E-state index contributed by atoms with van der Waals surface area (Å²) in [4.78, 5) is 22.1. The number of likely N-dealkylation sites (N-methyl/N-ethyl adjacent to an activating group) is 1. The average molecular weight is 265 g/mol. The predicted molar refractivity (Wildman–Crippen MR) is 77.4 cm³/mol. The highest BCUT2D eigenvalue weighted by atomic mass is 16.2. The van der Waals surface area contributed by atoms with Crippen LogP contribution < -0.4 is 15.5 Å². The molecule has 1 amide bonds. The summed E-state index contributed by atoms with van der Waals surface area (Å²) in [7, 11) is 3.62. The number of carbonyl (C=O) groups is 1. The van der Waals surface area contributed by atoms with Crippen molar-refractivity contribution >= 4 is 17.7 Å². The third kappa shape index (κ3) is 4.73. The minimum atomic E-state index is 0.000204. The van der Waals surface area contributed by atoms with E-state index in [4.69, 9.17) is 0 Å². The van der Waals surface area contributed by atoms with Crippen LogP contribution in [-0.2, 0) is 4.79 Å². The third-order valence-electron chi connectivity index (χ3n) is 2.62. The van der Waals surface area contributed by atoms with E-state index in [1.165, 1.54) is 0 Å². The van der Waals surface area contributed by atoms with Crippen LogP contribution in [-0.4, -0.2) is 43.1 Å². The van der Waals surface area contributed by atoms with E-state index < -0.39 is 0 Å². The molecular weight excluding hydrogens is 242 g/mol. The molecule has 6 heteroatoms. The van der Waals surface area contributed by atoms with Gasteiger partial charge in [-0.2, -0.15) is 4.98 Å². The summed E-state index contributed by atoms with van der Waals surface area (Å²) < 4.78 is 0. The lowest BCUT2D eigenvalue weighted by molar-refractivity contribution is -0.119. The molecule has 0 aromatic carbocycles. The average Bonchev–Trinajstić information content (AvgIpc) is 2.36. The molecule has 0 spiro atoms. The maximum absolute atomic E-state index is 11.8. The molecule has 1 heterocycles. The highest BCUT2D eigenvalue weighted by Gasteiger charge is 2.12. The normalized spacial score (nSPS) is 10.4. The van der Waals surface area contributed by atoms with Gasteiger partial charge >= 0.3 is 0 Å². The lowest BCUT2D eigenvalue weighted by Crippen LogP contribution is -2.37. The van der Waals surface area contributed by atoms with Gasteiger partial charge in [0.1, 0.15) is 5.82 Å². The summed E-state index contributed by atoms with van der Waals surface area (Å²) in [6.45, 7) is 7.04. The zero-order chi connectivity index (χ0) is 14.4. The number of nitrogens with zero attached hydrogens (tertiary/aromatic N) is 3. The summed E-state index contributed by atoms with van der Waals surface area (Å²) in [5, 5.41) is 5.78. The zero-order valence-corrected chi connectivity index (χ0v) is 12.3. The summed E-state index contributed by atoms with van der Waals surface area (Å²) in [5.41, 5.74) is 0.943. The molecule has 0 bridgehead atoms. The van der Waals surface area contributed by atoms with Gasteiger partial charge in [-0.15, -0.1) is 0 Å². The first-order valence-electron chi connectivity index (χ1n) is 6.43. The van der Waals surface area contributed by atoms with Gasteiger partial charge in [0.25, 0.3) is 0 Å². The Morgan fingerprint density at radius 1 is 1.47 bits per heavy atom. The van der Waals surface area contributed by atoms with Crippen molar-refractivity contribution in [2.45, 2.75) is 20.8 Å². The highest BCUT2D eigenvalue weighted by Crippen LogP contribution is 2.15. The monoisotopic (exact) mass is 265 g/mol. The van der Waals surface area contributed by atoms with Gasteiger partial charge in [-0.05, 0) is 12.8 Å². The molecule has 0 radical (unpaired) electrons. The van der Waals surface area contributed by atoms with Crippen LogP contribution >= 0.6 is 0 Å². The molecule has 0 aliphatic carbocycles. The molecule has 0 saturated carbocycles. The first-order chi connectivity index (χ1) is 8.93. The van der Waals surface area contributed by atoms with Gasteiger partial charge in [-0.25, -0.2) is 4.98 Å². The van der Waals surface area contributed by atoms with Gasteiger partial charge in [0.15, 0.2) is 0 Å². The van der Waals surface area contributed by atoms with Gasteiger partial charge in [0.05, 0.1) is 6.54 Å². The van der Waals surface area contributed by atoms with Crippen LogP contribution in [0, 0.1) is 12.8 Å². The standard InChI is InChI=1S/C13H23N5O/c1-9(2)6-15-11(19)8-18(5)12-10(3)7-16-13(14-4)17-12/h7,9H,6,8H2,1-5H3,(H,15,19)(H,14,16,17). The fourth-order valence-corrected chi connectivity index (χ4v) is 1.60. The molecule has 6 nitrogen and oxygen atoms in total. The zero-order valence-electron chi connectivity index (χ0n) is 12.3. The number of carbonyl (C=O) groups excluding carboxylic acids is 1. The minimum absolute atomic E-state index is 0.000204. The maximum atomic E-state index is 11.8. The third-order valence-corrected chi connectivity index (χ3v) is 2.62. The van der Waals surface area contributed by atoms with Gasteiger partial charge < -0.3 is 15.5 Å². The Bertz CT molecular complexity index is 433. The van der Waals surface area contributed by atoms with Crippen LogP contribution in [0.2, 0.25) is 0 Å². The quantitative estimate of drug-likeness (QED) is 0.804. The van der Waals surface area contributed by atoms with Crippen LogP contribution in [0.5, 0.6) is 0 Å². The number of nitrogens with one attached hydrogen (secondary N) is 2. The Morgan fingerprint density at radius 2 is 2.16 bits per heavy atom. The van der Waals surface area contributed by atoms with Crippen molar-refractivity contribution in [2.24, 2.45) is 5.92 Å². The molecule has 0 atom stereocenters. The lowest BCUT2D eigenvalue weighted by atomic mass is 10.2. The van der Waals surface area contributed by atoms with E-state index in [2.05, 4.69) is 34.4 Å². The molecule has 0 saturated heterocycles. The van der Waals surface area contributed by atoms with E-state index in [1.54, 1.807) is 13.2 Å². The fourth-order valence-electron chi connectivity index (χ4n) is 1.60. The second kappa shape index (κ2) is 6.92. The van der Waals surface area contributed by atoms with Crippen molar-refractivity contribution in [3.63, 3.8) is 0 Å². The van der Waals surface area contributed by atoms with Crippen molar-refractivity contribution in [3.05, 3.63) is 11.8 Å². The van der Waals surface area contributed by atoms with Gasteiger partial charge in [-0.1, -0.05) is 13.8 Å². The Balaban J connectivity index is 2.67. The number of hydrogen-bond acceptors (Lipinski definition) is 5. The van der Waals surface area contributed by atoms with Gasteiger partial charge in [0.2, 0.25) is 11.9 Å². The smallest absolute Gasteiger partial charge is 0.239 e. The topological polar surface area (TPSA) is 70.2 Å². The Morgan fingerprint density at radius 3 is 2.74 bits per heavy atom.